The van der Waals surface area contributed by atoms with Crippen LogP contribution < -0.4 is 11.3 Å². The van der Waals surface area contributed by atoms with E-state index in [0.717, 1.165) is 37.3 Å². The van der Waals surface area contributed by atoms with Crippen LogP contribution in [0.5, 0.6) is 0 Å². The zero-order chi connectivity index (χ0) is 11.7. The Morgan fingerprint density at radius 3 is 3.06 bits per heavy atom. The van der Waals surface area contributed by atoms with E-state index in [9.17, 15) is 4.79 Å². The number of thiocarbonyl (C=S) groups is 1. The van der Waals surface area contributed by atoms with Gasteiger partial charge in [0.1, 0.15) is 4.99 Å². The Kier molecular flexibility index (Phi) is 3.07. The maximum Gasteiger partial charge on any atom is 0.258 e. The molecule has 0 spiro atoms. The molecule has 0 aliphatic carbocycles. The standard InChI is InChI=1S/C11H15N3OS/c1-2-14-4-3-9-7(6-14)5-8(10(12)16)11(15)13-9/h5H,2-4,6H2,1H3,(H2,12,16)(H,13,15). The molecule has 1 aliphatic rings. The summed E-state index contributed by atoms with van der Waals surface area (Å²) in [6.07, 6.45) is 0.885. The Morgan fingerprint density at radius 1 is 1.69 bits per heavy atom. The van der Waals surface area contributed by atoms with Crippen LogP contribution in [0.4, 0.5) is 0 Å². The predicted octanol–water partition coefficient (Wildman–Crippen LogP) is 0.387. The fourth-order valence-electron chi connectivity index (χ4n) is 2.02. The summed E-state index contributed by atoms with van der Waals surface area (Å²) in [7, 11) is 0. The van der Waals surface area contributed by atoms with Gasteiger partial charge in [0.25, 0.3) is 5.56 Å². The van der Waals surface area contributed by atoms with Gasteiger partial charge in [-0.15, -0.1) is 0 Å². The van der Waals surface area contributed by atoms with Gasteiger partial charge in [0, 0.05) is 25.2 Å². The van der Waals surface area contributed by atoms with Crippen LogP contribution in [-0.2, 0) is 13.0 Å². The summed E-state index contributed by atoms with van der Waals surface area (Å²) in [5.74, 6) is 0. The Bertz CT molecular complexity index is 481. The highest BCUT2D eigenvalue weighted by molar-refractivity contribution is 7.80. The van der Waals surface area contributed by atoms with Crippen molar-refractivity contribution < 1.29 is 0 Å². The third-order valence-corrected chi connectivity index (χ3v) is 3.22. The SMILES string of the molecule is CCN1CCc2[nH]c(=O)c(C(N)=S)cc2C1. The Balaban J connectivity index is 2.44. The lowest BCUT2D eigenvalue weighted by atomic mass is 10.0. The zero-order valence-electron chi connectivity index (χ0n) is 9.25. The molecule has 1 aliphatic heterocycles. The monoisotopic (exact) mass is 237 g/mol. The van der Waals surface area contributed by atoms with Crippen LogP contribution in [0, 0.1) is 0 Å². The Hall–Kier alpha value is -1.20. The Labute approximate surface area is 99.5 Å². The van der Waals surface area contributed by atoms with Crippen molar-refractivity contribution in [2.45, 2.75) is 19.9 Å². The highest BCUT2D eigenvalue weighted by Crippen LogP contribution is 2.16. The van der Waals surface area contributed by atoms with Gasteiger partial charge < -0.3 is 10.7 Å². The molecule has 0 saturated carbocycles. The number of nitrogens with one attached hydrogen (secondary N) is 1. The van der Waals surface area contributed by atoms with E-state index >= 15 is 0 Å². The summed E-state index contributed by atoms with van der Waals surface area (Å²) in [5.41, 5.74) is 7.92. The topological polar surface area (TPSA) is 62.1 Å². The normalized spacial score (nSPS) is 15.8. The molecule has 0 aromatic carbocycles. The van der Waals surface area contributed by atoms with Gasteiger partial charge in [-0.25, -0.2) is 0 Å². The summed E-state index contributed by atoms with van der Waals surface area (Å²) >= 11 is 4.86. The number of nitrogens with two attached hydrogens (primary N) is 1. The van der Waals surface area contributed by atoms with E-state index in [4.69, 9.17) is 18.0 Å². The number of H-pyrrole nitrogens is 1. The van der Waals surface area contributed by atoms with Crippen molar-refractivity contribution in [3.05, 3.63) is 33.2 Å². The number of likely N-dealkylation sites (N-methyl/N-ethyl adjacent to an activating group) is 1. The molecular weight excluding hydrogens is 222 g/mol. The van der Waals surface area contributed by atoms with Crippen LogP contribution >= 0.6 is 12.2 Å². The number of pyridine rings is 1. The van der Waals surface area contributed by atoms with Crippen molar-refractivity contribution in [1.82, 2.24) is 9.88 Å². The summed E-state index contributed by atoms with van der Waals surface area (Å²) in [6.45, 7) is 5.00. The number of hydrogen-bond acceptors (Lipinski definition) is 3. The molecule has 0 atom stereocenters. The van der Waals surface area contributed by atoms with Gasteiger partial charge >= 0.3 is 0 Å². The third-order valence-electron chi connectivity index (χ3n) is 3.00. The summed E-state index contributed by atoms with van der Waals surface area (Å²) < 4.78 is 0. The molecule has 2 heterocycles. The van der Waals surface area contributed by atoms with E-state index in [0.29, 0.717) is 5.56 Å². The van der Waals surface area contributed by atoms with Crippen LogP contribution in [0.1, 0.15) is 23.7 Å². The van der Waals surface area contributed by atoms with Gasteiger partial charge in [0.05, 0.1) is 5.56 Å². The maximum absolute atomic E-state index is 11.6. The van der Waals surface area contributed by atoms with E-state index in [2.05, 4.69) is 16.8 Å². The molecule has 16 heavy (non-hydrogen) atoms. The Morgan fingerprint density at radius 2 is 2.44 bits per heavy atom. The molecule has 0 saturated heterocycles. The number of rotatable bonds is 2. The molecule has 4 nitrogen and oxygen atoms in total. The highest BCUT2D eigenvalue weighted by Gasteiger charge is 2.17. The van der Waals surface area contributed by atoms with Crippen molar-refractivity contribution in [3.63, 3.8) is 0 Å². The van der Waals surface area contributed by atoms with Crippen LogP contribution in [0.25, 0.3) is 0 Å². The second kappa shape index (κ2) is 4.35. The highest BCUT2D eigenvalue weighted by atomic mass is 32.1. The van der Waals surface area contributed by atoms with Crippen molar-refractivity contribution in [3.8, 4) is 0 Å². The smallest absolute Gasteiger partial charge is 0.258 e. The van der Waals surface area contributed by atoms with Gasteiger partial charge in [0.2, 0.25) is 0 Å². The summed E-state index contributed by atoms with van der Waals surface area (Å²) in [4.78, 5) is 17.0. The van der Waals surface area contributed by atoms with E-state index in [-0.39, 0.29) is 10.5 Å². The minimum atomic E-state index is -0.170. The maximum atomic E-state index is 11.6. The van der Waals surface area contributed by atoms with E-state index in [1.807, 2.05) is 6.07 Å². The fourth-order valence-corrected chi connectivity index (χ4v) is 2.17. The quantitative estimate of drug-likeness (QED) is 0.730. The largest absolute Gasteiger partial charge is 0.389 e. The van der Waals surface area contributed by atoms with Crippen LogP contribution in [0.3, 0.4) is 0 Å². The summed E-state index contributed by atoms with van der Waals surface area (Å²) in [5, 5.41) is 0. The number of fused-ring (bicyclic) bond motifs is 1. The molecule has 5 heteroatoms. The molecule has 0 unspecified atom stereocenters. The van der Waals surface area contributed by atoms with E-state index < -0.39 is 0 Å². The van der Waals surface area contributed by atoms with Crippen LogP contribution in [-0.4, -0.2) is 28.0 Å². The average Bonchev–Trinajstić information content (AvgIpc) is 2.27. The predicted molar refractivity (Wildman–Crippen MR) is 67.6 cm³/mol. The first kappa shape index (κ1) is 11.3. The first-order valence-electron chi connectivity index (χ1n) is 5.39. The van der Waals surface area contributed by atoms with Gasteiger partial charge in [-0.1, -0.05) is 19.1 Å². The minimum Gasteiger partial charge on any atom is -0.389 e. The number of nitrogens with zero attached hydrogens (tertiary/aromatic N) is 1. The molecule has 3 N–H and O–H groups in total. The lowest BCUT2D eigenvalue weighted by molar-refractivity contribution is 0.265. The molecule has 86 valence electrons. The van der Waals surface area contributed by atoms with Crippen LogP contribution in [0.2, 0.25) is 0 Å². The third kappa shape index (κ3) is 2.01. The zero-order valence-corrected chi connectivity index (χ0v) is 10.1. The average molecular weight is 237 g/mol. The van der Waals surface area contributed by atoms with Crippen LogP contribution in [0.15, 0.2) is 10.9 Å². The summed E-state index contributed by atoms with van der Waals surface area (Å²) in [6, 6.07) is 1.83. The van der Waals surface area contributed by atoms with Crippen molar-refractivity contribution >= 4 is 17.2 Å². The lowest BCUT2D eigenvalue weighted by Gasteiger charge is -2.27. The first-order chi connectivity index (χ1) is 7.61. The van der Waals surface area contributed by atoms with E-state index in [1.165, 1.54) is 0 Å². The van der Waals surface area contributed by atoms with Gasteiger partial charge in [-0.2, -0.15) is 0 Å². The number of hydrogen-bond donors (Lipinski definition) is 2. The fraction of sp³-hybridized carbons (Fsp3) is 0.455. The second-order valence-electron chi connectivity index (χ2n) is 4.00. The molecular formula is C11H15N3OS. The van der Waals surface area contributed by atoms with E-state index in [1.54, 1.807) is 0 Å². The molecule has 1 aromatic heterocycles. The van der Waals surface area contributed by atoms with Gasteiger partial charge in [-0.3, -0.25) is 9.69 Å². The minimum absolute atomic E-state index is 0.165. The second-order valence-corrected chi connectivity index (χ2v) is 4.44. The van der Waals surface area contributed by atoms with Crippen molar-refractivity contribution in [2.24, 2.45) is 5.73 Å². The molecule has 0 fully saturated rings. The van der Waals surface area contributed by atoms with Crippen molar-refractivity contribution in [1.29, 1.82) is 0 Å². The van der Waals surface area contributed by atoms with Gasteiger partial charge in [-0.05, 0) is 18.2 Å². The molecule has 0 amide bonds. The number of aromatic nitrogens is 1. The molecule has 0 radical (unpaired) electrons. The number of aromatic amines is 1. The van der Waals surface area contributed by atoms with Gasteiger partial charge in [0.15, 0.2) is 0 Å². The molecule has 2 rings (SSSR count). The first-order valence-corrected chi connectivity index (χ1v) is 5.80. The lowest BCUT2D eigenvalue weighted by Crippen LogP contribution is -2.34. The molecule has 1 aromatic rings. The molecule has 0 bridgehead atoms. The van der Waals surface area contributed by atoms with Crippen molar-refractivity contribution in [2.75, 3.05) is 13.1 Å².